The number of hydrogen-bond donors (Lipinski definition) is 2. The van der Waals surface area contributed by atoms with Crippen LogP contribution in [0.5, 0.6) is 0 Å². The van der Waals surface area contributed by atoms with E-state index in [1.807, 2.05) is 5.32 Å². The zero-order valence-electron chi connectivity index (χ0n) is 13.3. The van der Waals surface area contributed by atoms with Crippen molar-refractivity contribution in [1.29, 1.82) is 0 Å². The van der Waals surface area contributed by atoms with E-state index in [2.05, 4.69) is 5.32 Å². The standard InChI is InChI=1S/C17H21F3N2O2/c18-17(19,20)11-21-16(24)13-7-3-4-8-14(13)22-15(23)10-9-12-5-1-2-6-12/h3-4,7-8,12H,1-2,5-6,9-11H2,(H,21,24)(H,22,23). The van der Waals surface area contributed by atoms with E-state index in [1.54, 1.807) is 6.07 Å². The average Bonchev–Trinajstić information content (AvgIpc) is 3.04. The highest BCUT2D eigenvalue weighted by Gasteiger charge is 2.28. The van der Waals surface area contributed by atoms with E-state index in [4.69, 9.17) is 0 Å². The summed E-state index contributed by atoms with van der Waals surface area (Å²) in [4.78, 5) is 23.9. The van der Waals surface area contributed by atoms with E-state index < -0.39 is 18.6 Å². The van der Waals surface area contributed by atoms with Gasteiger partial charge in [0.15, 0.2) is 0 Å². The molecule has 0 heterocycles. The molecule has 7 heteroatoms. The van der Waals surface area contributed by atoms with Crippen LogP contribution in [0.25, 0.3) is 0 Å². The molecular formula is C17H21F3N2O2. The molecule has 1 aliphatic carbocycles. The fourth-order valence-electron chi connectivity index (χ4n) is 2.91. The largest absolute Gasteiger partial charge is 0.405 e. The van der Waals surface area contributed by atoms with Gasteiger partial charge in [-0.3, -0.25) is 9.59 Å². The van der Waals surface area contributed by atoms with Gasteiger partial charge in [0.1, 0.15) is 6.54 Å². The van der Waals surface area contributed by atoms with Crippen molar-refractivity contribution in [3.63, 3.8) is 0 Å². The lowest BCUT2D eigenvalue weighted by molar-refractivity contribution is -0.123. The molecule has 0 unspecified atom stereocenters. The molecule has 2 N–H and O–H groups in total. The molecule has 0 radical (unpaired) electrons. The molecule has 1 aromatic rings. The summed E-state index contributed by atoms with van der Waals surface area (Å²) in [5, 5.41) is 4.45. The lowest BCUT2D eigenvalue weighted by Crippen LogP contribution is -2.34. The van der Waals surface area contributed by atoms with Gasteiger partial charge >= 0.3 is 6.18 Å². The van der Waals surface area contributed by atoms with E-state index >= 15 is 0 Å². The van der Waals surface area contributed by atoms with Crippen LogP contribution < -0.4 is 10.6 Å². The Bertz CT molecular complexity index is 581. The molecule has 0 bridgehead atoms. The number of carbonyl (C=O) groups excluding carboxylic acids is 2. The van der Waals surface area contributed by atoms with Crippen molar-refractivity contribution in [2.45, 2.75) is 44.7 Å². The maximum atomic E-state index is 12.2. The minimum Gasteiger partial charge on any atom is -0.343 e. The molecule has 2 amide bonds. The highest BCUT2D eigenvalue weighted by Crippen LogP contribution is 2.28. The molecule has 2 rings (SSSR count). The summed E-state index contributed by atoms with van der Waals surface area (Å²) >= 11 is 0. The molecule has 1 saturated carbocycles. The molecule has 0 aromatic heterocycles. The van der Waals surface area contributed by atoms with E-state index in [9.17, 15) is 22.8 Å². The molecule has 1 fully saturated rings. The summed E-state index contributed by atoms with van der Waals surface area (Å²) in [6, 6.07) is 6.05. The van der Waals surface area contributed by atoms with E-state index in [-0.39, 0.29) is 17.2 Å². The minimum atomic E-state index is -4.48. The topological polar surface area (TPSA) is 58.2 Å². The molecule has 0 aliphatic heterocycles. The van der Waals surface area contributed by atoms with Crippen LogP contribution in [0.3, 0.4) is 0 Å². The number of carbonyl (C=O) groups is 2. The normalized spacial score (nSPS) is 15.3. The van der Waals surface area contributed by atoms with Crippen LogP contribution in [0.15, 0.2) is 24.3 Å². The lowest BCUT2D eigenvalue weighted by atomic mass is 10.0. The number of rotatable bonds is 6. The zero-order chi connectivity index (χ0) is 17.6. The summed E-state index contributed by atoms with van der Waals surface area (Å²) in [5.41, 5.74) is 0.254. The van der Waals surface area contributed by atoms with Gasteiger partial charge in [0.2, 0.25) is 5.91 Å². The summed E-state index contributed by atoms with van der Waals surface area (Å²) in [7, 11) is 0. The number of nitrogens with one attached hydrogen (secondary N) is 2. The molecule has 0 atom stereocenters. The van der Waals surface area contributed by atoms with Crippen molar-refractivity contribution in [2.24, 2.45) is 5.92 Å². The highest BCUT2D eigenvalue weighted by atomic mass is 19.4. The predicted molar refractivity (Wildman–Crippen MR) is 84.7 cm³/mol. The van der Waals surface area contributed by atoms with Crippen LogP contribution in [0.4, 0.5) is 18.9 Å². The van der Waals surface area contributed by atoms with Gasteiger partial charge in [0.05, 0.1) is 11.3 Å². The Hall–Kier alpha value is -2.05. The first kappa shape index (κ1) is 18.3. The summed E-state index contributed by atoms with van der Waals surface area (Å²) in [6.45, 7) is -1.41. The van der Waals surface area contributed by atoms with Crippen molar-refractivity contribution in [1.82, 2.24) is 5.32 Å². The Morgan fingerprint density at radius 2 is 1.79 bits per heavy atom. The predicted octanol–water partition coefficient (Wildman–Crippen LogP) is 3.89. The second kappa shape index (κ2) is 8.17. The summed E-state index contributed by atoms with van der Waals surface area (Å²) in [5.74, 6) is -0.516. The Morgan fingerprint density at radius 1 is 1.12 bits per heavy atom. The van der Waals surface area contributed by atoms with Crippen LogP contribution in [0, 0.1) is 5.92 Å². The molecule has 132 valence electrons. The van der Waals surface area contributed by atoms with Gasteiger partial charge in [-0.05, 0) is 24.5 Å². The second-order valence-electron chi connectivity index (χ2n) is 6.08. The third kappa shape index (κ3) is 5.86. The van der Waals surface area contributed by atoms with Gasteiger partial charge in [-0.2, -0.15) is 13.2 Å². The van der Waals surface area contributed by atoms with Crippen molar-refractivity contribution >= 4 is 17.5 Å². The highest BCUT2D eigenvalue weighted by molar-refractivity contribution is 6.03. The molecule has 1 aromatic carbocycles. The van der Waals surface area contributed by atoms with Crippen LogP contribution >= 0.6 is 0 Å². The van der Waals surface area contributed by atoms with Crippen LogP contribution in [-0.4, -0.2) is 24.5 Å². The molecule has 24 heavy (non-hydrogen) atoms. The Kier molecular flexibility index (Phi) is 6.23. The zero-order valence-corrected chi connectivity index (χ0v) is 13.3. The maximum Gasteiger partial charge on any atom is 0.405 e. The second-order valence-corrected chi connectivity index (χ2v) is 6.08. The number of halogens is 3. The fraction of sp³-hybridized carbons (Fsp3) is 0.529. The number of hydrogen-bond acceptors (Lipinski definition) is 2. The van der Waals surface area contributed by atoms with Gasteiger partial charge in [0.25, 0.3) is 5.91 Å². The molecular weight excluding hydrogens is 321 g/mol. The van der Waals surface area contributed by atoms with Crippen LogP contribution in [0.1, 0.15) is 48.9 Å². The van der Waals surface area contributed by atoms with Crippen molar-refractivity contribution in [3.8, 4) is 0 Å². The maximum absolute atomic E-state index is 12.2. The number of anilines is 1. The average molecular weight is 342 g/mol. The number of para-hydroxylation sites is 1. The van der Waals surface area contributed by atoms with Crippen LogP contribution in [-0.2, 0) is 4.79 Å². The van der Waals surface area contributed by atoms with E-state index in [0.717, 1.165) is 19.3 Å². The molecule has 4 nitrogen and oxygen atoms in total. The fourth-order valence-corrected chi connectivity index (χ4v) is 2.91. The van der Waals surface area contributed by atoms with Gasteiger partial charge in [0, 0.05) is 6.42 Å². The molecule has 1 aliphatic rings. The van der Waals surface area contributed by atoms with Gasteiger partial charge in [-0.25, -0.2) is 0 Å². The molecule has 0 spiro atoms. The number of alkyl halides is 3. The van der Waals surface area contributed by atoms with Crippen molar-refractivity contribution in [3.05, 3.63) is 29.8 Å². The summed E-state index contributed by atoms with van der Waals surface area (Å²) < 4.78 is 36.6. The van der Waals surface area contributed by atoms with Gasteiger partial charge in [-0.1, -0.05) is 37.8 Å². The Morgan fingerprint density at radius 3 is 2.46 bits per heavy atom. The van der Waals surface area contributed by atoms with Gasteiger partial charge < -0.3 is 10.6 Å². The summed E-state index contributed by atoms with van der Waals surface area (Å²) in [6.07, 6.45) is 1.36. The van der Waals surface area contributed by atoms with Gasteiger partial charge in [-0.15, -0.1) is 0 Å². The third-order valence-corrected chi connectivity index (χ3v) is 4.15. The quantitative estimate of drug-likeness (QED) is 0.824. The van der Waals surface area contributed by atoms with Crippen LogP contribution in [0.2, 0.25) is 0 Å². The first-order valence-corrected chi connectivity index (χ1v) is 8.09. The molecule has 0 saturated heterocycles. The first-order valence-electron chi connectivity index (χ1n) is 8.09. The third-order valence-electron chi connectivity index (χ3n) is 4.15. The monoisotopic (exact) mass is 342 g/mol. The lowest BCUT2D eigenvalue weighted by Gasteiger charge is -2.13. The Balaban J connectivity index is 1.92. The number of amides is 2. The minimum absolute atomic E-state index is 0.0240. The number of benzene rings is 1. The smallest absolute Gasteiger partial charge is 0.343 e. The van der Waals surface area contributed by atoms with E-state index in [1.165, 1.54) is 31.0 Å². The van der Waals surface area contributed by atoms with Crippen molar-refractivity contribution < 1.29 is 22.8 Å². The van der Waals surface area contributed by atoms with Crippen molar-refractivity contribution in [2.75, 3.05) is 11.9 Å². The Labute approximate surface area is 138 Å². The van der Waals surface area contributed by atoms with E-state index in [0.29, 0.717) is 12.3 Å². The SMILES string of the molecule is O=C(CCC1CCCC1)Nc1ccccc1C(=O)NCC(F)(F)F. The first-order chi connectivity index (χ1) is 11.3.